The third-order valence-electron chi connectivity index (χ3n) is 9.54. The van der Waals surface area contributed by atoms with E-state index in [9.17, 15) is 15.0 Å². The van der Waals surface area contributed by atoms with Crippen LogP contribution in [0.2, 0.25) is 0 Å². The second-order valence-corrected chi connectivity index (χ2v) is 10.6. The minimum Gasteiger partial charge on any atom is -0.508 e. The number of benzene rings is 1. The van der Waals surface area contributed by atoms with Crippen LogP contribution in [0.4, 0.5) is 0 Å². The van der Waals surface area contributed by atoms with Crippen LogP contribution in [-0.2, 0) is 23.1 Å². The number of phenolic OH excluding ortho intramolecular Hbond substituents is 1. The van der Waals surface area contributed by atoms with Crippen LogP contribution < -0.4 is 0 Å². The van der Waals surface area contributed by atoms with Gasteiger partial charge in [0.2, 0.25) is 0 Å². The lowest BCUT2D eigenvalue weighted by molar-refractivity contribution is -0.171. The van der Waals surface area contributed by atoms with E-state index in [1.165, 1.54) is 30.4 Å². The van der Waals surface area contributed by atoms with E-state index in [4.69, 9.17) is 0 Å². The number of nitrogens with zero attached hydrogens (tertiary/aromatic N) is 1. The molecule has 0 radical (unpaired) electrons. The van der Waals surface area contributed by atoms with E-state index >= 15 is 0 Å². The van der Waals surface area contributed by atoms with Crippen molar-refractivity contribution in [1.82, 2.24) is 4.90 Å². The number of rotatable bonds is 2. The number of phenols is 1. The summed E-state index contributed by atoms with van der Waals surface area (Å²) in [4.78, 5) is 15.6. The summed E-state index contributed by atoms with van der Waals surface area (Å²) in [5.41, 5.74) is 2.32. The van der Waals surface area contributed by atoms with Crippen LogP contribution in [0, 0.1) is 17.3 Å². The smallest absolute Gasteiger partial charge is 0.137 e. The number of carbonyl (C=O) groups excluding carboxylic acids is 1. The molecule has 1 heterocycles. The first-order chi connectivity index (χ1) is 13.0. The Morgan fingerprint density at radius 2 is 2.11 bits per heavy atom. The molecule has 5 aliphatic carbocycles. The molecule has 27 heavy (non-hydrogen) atoms. The Hall–Kier alpha value is -1.39. The topological polar surface area (TPSA) is 60.8 Å². The van der Waals surface area contributed by atoms with Gasteiger partial charge in [-0.3, -0.25) is 9.69 Å². The fourth-order valence-electron chi connectivity index (χ4n) is 8.66. The summed E-state index contributed by atoms with van der Waals surface area (Å²) < 4.78 is 0. The molecule has 0 amide bonds. The number of fused-ring (bicyclic) bond motifs is 1. The molecule has 2 bridgehead atoms. The molecule has 5 atom stereocenters. The largest absolute Gasteiger partial charge is 0.508 e. The van der Waals surface area contributed by atoms with Gasteiger partial charge in [0.15, 0.2) is 0 Å². The highest BCUT2D eigenvalue weighted by atomic mass is 16.3. The number of likely N-dealkylation sites (tertiary alicyclic amines) is 1. The Labute approximate surface area is 159 Å². The zero-order chi connectivity index (χ0) is 18.2. The molecular formula is C23H27NO3. The van der Waals surface area contributed by atoms with Gasteiger partial charge >= 0.3 is 0 Å². The maximum Gasteiger partial charge on any atom is 0.137 e. The molecule has 1 saturated heterocycles. The van der Waals surface area contributed by atoms with Gasteiger partial charge in [0.1, 0.15) is 11.5 Å². The third kappa shape index (κ3) is 1.47. The maximum absolute atomic E-state index is 13.0. The van der Waals surface area contributed by atoms with Gasteiger partial charge in [0.05, 0.1) is 5.60 Å². The summed E-state index contributed by atoms with van der Waals surface area (Å²) in [7, 11) is 0. The second-order valence-electron chi connectivity index (χ2n) is 10.6. The van der Waals surface area contributed by atoms with Gasteiger partial charge in [0.25, 0.3) is 0 Å². The molecule has 1 aromatic carbocycles. The summed E-state index contributed by atoms with van der Waals surface area (Å²) in [6, 6.07) is 4.10. The Morgan fingerprint density at radius 1 is 1.26 bits per heavy atom. The highest BCUT2D eigenvalue weighted by Gasteiger charge is 2.81. The van der Waals surface area contributed by atoms with E-state index in [0.717, 1.165) is 37.4 Å². The SMILES string of the molecule is O=C1CC[C@@]2(O)C3N(CC4CCC4)CC34Cc3ccc(O)c5c3[C@@]2(C4)[C@H]1C5. The van der Waals surface area contributed by atoms with E-state index in [1.807, 2.05) is 6.07 Å². The highest BCUT2D eigenvalue weighted by molar-refractivity contribution is 5.88. The van der Waals surface area contributed by atoms with Crippen molar-refractivity contribution >= 4 is 5.78 Å². The zero-order valence-electron chi connectivity index (χ0n) is 15.7. The van der Waals surface area contributed by atoms with E-state index in [1.54, 1.807) is 0 Å². The number of hydrogen-bond donors (Lipinski definition) is 2. The number of aromatic hydroxyl groups is 1. The number of Topliss-reactive ketones (excluding diaryl/α,β-unsaturated/α-hetero) is 1. The van der Waals surface area contributed by atoms with Crippen molar-refractivity contribution in [2.24, 2.45) is 17.3 Å². The minimum absolute atomic E-state index is 0.132. The molecule has 1 aliphatic heterocycles. The Morgan fingerprint density at radius 3 is 2.89 bits per heavy atom. The molecule has 1 aromatic rings. The quantitative estimate of drug-likeness (QED) is 0.844. The normalized spacial score (nSPS) is 46.6. The fourth-order valence-corrected chi connectivity index (χ4v) is 8.66. The van der Waals surface area contributed by atoms with Crippen LogP contribution in [0.3, 0.4) is 0 Å². The molecule has 0 aromatic heterocycles. The van der Waals surface area contributed by atoms with Crippen molar-refractivity contribution in [3.8, 4) is 5.75 Å². The number of carbonyl (C=O) groups is 1. The van der Waals surface area contributed by atoms with Gasteiger partial charge in [-0.05, 0) is 67.2 Å². The predicted molar refractivity (Wildman–Crippen MR) is 99.6 cm³/mol. The first-order valence-electron chi connectivity index (χ1n) is 10.8. The monoisotopic (exact) mass is 365 g/mol. The van der Waals surface area contributed by atoms with Gasteiger partial charge in [-0.15, -0.1) is 0 Å². The fraction of sp³-hybridized carbons (Fsp3) is 0.696. The van der Waals surface area contributed by atoms with E-state index < -0.39 is 11.0 Å². The van der Waals surface area contributed by atoms with Crippen LogP contribution in [0.25, 0.3) is 0 Å². The molecule has 4 nitrogen and oxygen atoms in total. The molecular weight excluding hydrogens is 338 g/mol. The molecule has 2 unspecified atom stereocenters. The van der Waals surface area contributed by atoms with E-state index in [2.05, 4.69) is 11.0 Å². The van der Waals surface area contributed by atoms with Crippen LogP contribution in [0.5, 0.6) is 5.75 Å². The third-order valence-corrected chi connectivity index (χ3v) is 9.54. The van der Waals surface area contributed by atoms with E-state index in [0.29, 0.717) is 30.8 Å². The van der Waals surface area contributed by atoms with Crippen molar-refractivity contribution in [1.29, 1.82) is 0 Å². The summed E-state index contributed by atoms with van der Waals surface area (Å²) in [6.45, 7) is 2.20. The molecule has 4 heteroatoms. The zero-order valence-corrected chi connectivity index (χ0v) is 15.7. The molecule has 142 valence electrons. The van der Waals surface area contributed by atoms with Crippen molar-refractivity contribution in [2.75, 3.05) is 13.1 Å². The van der Waals surface area contributed by atoms with Gasteiger partial charge in [-0.25, -0.2) is 0 Å². The Bertz CT molecular complexity index is 907. The standard InChI is InChI=1S/C23H27NO3/c25-17-5-4-14-9-21-11-22-16(8-15(17)19(14)22)18(26)6-7-23(22,27)20(21)24(12-21)10-13-2-1-3-13/h4-5,13,16,20,25,27H,1-3,6-12H2/t16-,20?,21?,22+,23+/m0/s1. The lowest BCUT2D eigenvalue weighted by atomic mass is 9.56. The van der Waals surface area contributed by atoms with Gasteiger partial charge in [0, 0.05) is 42.3 Å². The maximum atomic E-state index is 13.0. The average molecular weight is 365 g/mol. The van der Waals surface area contributed by atoms with Crippen LogP contribution in [0.15, 0.2) is 12.1 Å². The average Bonchev–Trinajstić information content (AvgIpc) is 3.01. The van der Waals surface area contributed by atoms with E-state index in [-0.39, 0.29) is 17.4 Å². The molecule has 7 rings (SSSR count). The van der Waals surface area contributed by atoms with Crippen molar-refractivity contribution in [3.63, 3.8) is 0 Å². The van der Waals surface area contributed by atoms with Crippen molar-refractivity contribution in [2.45, 2.75) is 68.4 Å². The first-order valence-corrected chi connectivity index (χ1v) is 10.8. The molecule has 3 saturated carbocycles. The molecule has 2 N–H and O–H groups in total. The number of ketones is 1. The van der Waals surface area contributed by atoms with Crippen LogP contribution >= 0.6 is 0 Å². The second kappa shape index (κ2) is 4.44. The minimum atomic E-state index is -0.808. The van der Waals surface area contributed by atoms with Gasteiger partial charge in [-0.1, -0.05) is 12.5 Å². The number of aliphatic hydroxyl groups is 1. The van der Waals surface area contributed by atoms with Crippen LogP contribution in [0.1, 0.15) is 55.2 Å². The molecule has 4 fully saturated rings. The van der Waals surface area contributed by atoms with Gasteiger partial charge < -0.3 is 10.2 Å². The summed E-state index contributed by atoms with van der Waals surface area (Å²) in [5, 5.41) is 22.9. The lowest BCUT2D eigenvalue weighted by Crippen LogP contribution is -2.72. The molecule has 2 spiro atoms. The Kier molecular flexibility index (Phi) is 2.55. The van der Waals surface area contributed by atoms with Crippen LogP contribution in [-0.4, -0.2) is 45.6 Å². The van der Waals surface area contributed by atoms with Gasteiger partial charge in [-0.2, -0.15) is 0 Å². The lowest BCUT2D eigenvalue weighted by Gasteiger charge is -2.59. The molecule has 6 aliphatic rings. The predicted octanol–water partition coefficient (Wildman–Crippen LogP) is 2.33. The summed E-state index contributed by atoms with van der Waals surface area (Å²) >= 11 is 0. The highest BCUT2D eigenvalue weighted by Crippen LogP contribution is 2.75. The summed E-state index contributed by atoms with van der Waals surface area (Å²) in [6.07, 6.45) is 7.70. The first kappa shape index (κ1) is 15.5. The number of hydrogen-bond acceptors (Lipinski definition) is 4. The summed E-state index contributed by atoms with van der Waals surface area (Å²) in [5.74, 6) is 1.31. The Balaban J connectivity index is 1.43. The van der Waals surface area contributed by atoms with Crippen molar-refractivity contribution in [3.05, 3.63) is 28.8 Å². The van der Waals surface area contributed by atoms with Crippen molar-refractivity contribution < 1.29 is 15.0 Å².